The maximum absolute atomic E-state index is 12.4. The highest BCUT2D eigenvalue weighted by atomic mass is 35.5. The second kappa shape index (κ2) is 10.1. The van der Waals surface area contributed by atoms with Crippen LogP contribution in [0.3, 0.4) is 0 Å². The van der Waals surface area contributed by atoms with E-state index in [0.717, 1.165) is 9.88 Å². The van der Waals surface area contributed by atoms with E-state index < -0.39 is 5.54 Å². The molecule has 0 aliphatic rings. The summed E-state index contributed by atoms with van der Waals surface area (Å²) in [5.41, 5.74) is -0.306. The van der Waals surface area contributed by atoms with Crippen LogP contribution >= 0.6 is 22.9 Å². The van der Waals surface area contributed by atoms with Gasteiger partial charge >= 0.3 is 0 Å². The minimum Gasteiger partial charge on any atom is -0.372 e. The molecule has 0 atom stereocenters. The Morgan fingerprint density at radius 2 is 1.92 bits per heavy atom. The quantitative estimate of drug-likeness (QED) is 0.755. The van der Waals surface area contributed by atoms with E-state index >= 15 is 0 Å². The first-order valence-electron chi connectivity index (χ1n) is 6.96. The van der Waals surface area contributed by atoms with Gasteiger partial charge in [0.1, 0.15) is 5.54 Å². The van der Waals surface area contributed by atoms with Crippen molar-refractivity contribution in [3.8, 4) is 0 Å². The van der Waals surface area contributed by atoms with Gasteiger partial charge < -0.3 is 5.32 Å². The molecule has 0 saturated heterocycles. The Hall–Kier alpha value is -1.92. The van der Waals surface area contributed by atoms with Crippen LogP contribution in [0, 0.1) is 0 Å². The molecule has 1 rings (SSSR count). The third-order valence-corrected chi connectivity index (χ3v) is 3.70. The normalized spacial score (nSPS) is 11.7. The maximum Gasteiger partial charge on any atom is 0.251 e. The average molecular weight is 372 g/mol. The topological polar surface area (TPSA) is 54.0 Å². The van der Waals surface area contributed by atoms with E-state index in [1.165, 1.54) is 11.3 Å². The number of nitrogens with one attached hydrogen (secondary N) is 2. The van der Waals surface area contributed by atoms with Crippen molar-refractivity contribution in [1.82, 2.24) is 10.3 Å². The van der Waals surface area contributed by atoms with Crippen molar-refractivity contribution < 1.29 is 9.18 Å². The van der Waals surface area contributed by atoms with Gasteiger partial charge in [-0.1, -0.05) is 48.8 Å². The number of alkyl halides is 1. The lowest BCUT2D eigenvalue weighted by Crippen LogP contribution is -2.49. The second-order valence-corrected chi connectivity index (χ2v) is 6.69. The molecule has 0 unspecified atom stereocenters. The lowest BCUT2D eigenvalue weighted by molar-refractivity contribution is -0.120. The number of anilines is 1. The summed E-state index contributed by atoms with van der Waals surface area (Å²) in [6, 6.07) is 0. The van der Waals surface area contributed by atoms with E-state index in [1.54, 1.807) is 26.0 Å². The molecule has 1 amide bonds. The van der Waals surface area contributed by atoms with Crippen LogP contribution in [0.5, 0.6) is 0 Å². The summed E-state index contributed by atoms with van der Waals surface area (Å²) in [5.74, 6) is -0.219. The van der Waals surface area contributed by atoms with Gasteiger partial charge in [0.05, 0.1) is 12.5 Å². The Morgan fingerprint density at radius 1 is 1.33 bits per heavy atom. The third kappa shape index (κ3) is 7.10. The fourth-order valence-corrected chi connectivity index (χ4v) is 2.44. The predicted molar refractivity (Wildman–Crippen MR) is 103 cm³/mol. The van der Waals surface area contributed by atoms with E-state index in [9.17, 15) is 9.18 Å². The van der Waals surface area contributed by atoms with Gasteiger partial charge in [0.2, 0.25) is 0 Å². The largest absolute Gasteiger partial charge is 0.372 e. The predicted octanol–water partition coefficient (Wildman–Crippen LogP) is 3.07. The number of hydrogen-bond acceptors (Lipinski definition) is 4. The zero-order valence-corrected chi connectivity index (χ0v) is 15.9. The smallest absolute Gasteiger partial charge is 0.251 e. The van der Waals surface area contributed by atoms with Crippen LogP contribution in [0.25, 0.3) is 12.7 Å². The highest BCUT2D eigenvalue weighted by Gasteiger charge is 2.28. The molecule has 0 bridgehead atoms. The van der Waals surface area contributed by atoms with Crippen molar-refractivity contribution >= 4 is 46.6 Å². The van der Waals surface area contributed by atoms with Crippen LogP contribution in [-0.4, -0.2) is 23.6 Å². The summed E-state index contributed by atoms with van der Waals surface area (Å²) in [6.45, 7) is 16.6. The summed E-state index contributed by atoms with van der Waals surface area (Å²) in [4.78, 5) is 16.7. The highest BCUT2D eigenvalue weighted by Crippen LogP contribution is 2.12. The highest BCUT2D eigenvalue weighted by molar-refractivity contribution is 7.13. The first kappa shape index (κ1) is 22.1. The summed E-state index contributed by atoms with van der Waals surface area (Å²) in [5, 5.41) is 7.50. The third-order valence-electron chi connectivity index (χ3n) is 2.73. The Balaban J connectivity index is 0.00000254. The molecule has 2 N–H and O–H groups in total. The van der Waals surface area contributed by atoms with Gasteiger partial charge in [-0.15, -0.1) is 0 Å². The number of hydrogen-bond donors (Lipinski definition) is 2. The Kier molecular flexibility index (Phi) is 9.25. The second-order valence-electron chi connectivity index (χ2n) is 5.13. The van der Waals surface area contributed by atoms with E-state index in [2.05, 4.69) is 35.4 Å². The fraction of sp³-hybridized carbons (Fsp3) is 0.294. The summed E-state index contributed by atoms with van der Waals surface area (Å²) in [7, 11) is 0.500. The van der Waals surface area contributed by atoms with Crippen molar-refractivity contribution in [3.63, 3.8) is 0 Å². The van der Waals surface area contributed by atoms with Crippen LogP contribution in [0.2, 0.25) is 0 Å². The van der Waals surface area contributed by atoms with Gasteiger partial charge in [-0.05, 0) is 32.9 Å². The van der Waals surface area contributed by atoms with E-state index in [0.29, 0.717) is 23.0 Å². The van der Waals surface area contributed by atoms with Gasteiger partial charge in [-0.3, -0.25) is 14.5 Å². The number of thiazole rings is 1. The van der Waals surface area contributed by atoms with Crippen LogP contribution < -0.4 is 20.5 Å². The van der Waals surface area contributed by atoms with E-state index in [1.807, 2.05) is 13.0 Å². The molecular weight excluding hydrogens is 349 g/mol. The van der Waals surface area contributed by atoms with Gasteiger partial charge in [0.25, 0.3) is 5.91 Å². The molecule has 1 aromatic rings. The summed E-state index contributed by atoms with van der Waals surface area (Å²) in [6.07, 6.45) is 5.11. The van der Waals surface area contributed by atoms with Crippen LogP contribution in [0.15, 0.2) is 36.0 Å². The van der Waals surface area contributed by atoms with E-state index in [4.69, 9.17) is 11.6 Å². The number of rotatable bonds is 6. The van der Waals surface area contributed by atoms with Crippen molar-refractivity contribution in [1.29, 1.82) is 0 Å². The van der Waals surface area contributed by atoms with Gasteiger partial charge in [0.15, 0.2) is 5.13 Å². The molecule has 0 aromatic carbocycles. The lowest BCUT2D eigenvalue weighted by Gasteiger charge is -2.25. The molecule has 7 heteroatoms. The molecule has 0 saturated carbocycles. The minimum absolute atomic E-state index is 0.219. The number of nitrogens with zero attached hydrogens (tertiary/aromatic N) is 1. The summed E-state index contributed by atoms with van der Waals surface area (Å²) >= 11 is 6.99. The zero-order valence-electron chi connectivity index (χ0n) is 14.4. The monoisotopic (exact) mass is 371 g/mol. The van der Waals surface area contributed by atoms with Crippen LogP contribution in [0.1, 0.15) is 20.8 Å². The summed E-state index contributed by atoms with van der Waals surface area (Å²) < 4.78 is 10.3. The van der Waals surface area contributed by atoms with E-state index in [-0.39, 0.29) is 5.91 Å². The molecule has 132 valence electrons. The fourth-order valence-electron chi connectivity index (χ4n) is 1.59. The van der Waals surface area contributed by atoms with Crippen molar-refractivity contribution in [3.05, 3.63) is 45.9 Å². The maximum atomic E-state index is 12.4. The van der Waals surface area contributed by atoms with Crippen molar-refractivity contribution in [2.45, 2.75) is 26.3 Å². The molecule has 0 aliphatic carbocycles. The van der Waals surface area contributed by atoms with Crippen molar-refractivity contribution in [2.75, 3.05) is 12.5 Å². The first-order chi connectivity index (χ1) is 11.2. The molecule has 0 fully saturated rings. The molecule has 1 heterocycles. The van der Waals surface area contributed by atoms with Gasteiger partial charge in [-0.2, -0.15) is 0 Å². The van der Waals surface area contributed by atoms with Gasteiger partial charge in [0, 0.05) is 15.3 Å². The molecule has 4 nitrogen and oxygen atoms in total. The molecule has 0 spiro atoms. The average Bonchev–Trinajstić information content (AvgIpc) is 2.86. The number of carbonyl (C=O) groups is 1. The molecule has 0 radical (unpaired) electrons. The number of amides is 1. The Bertz CT molecular complexity index is 738. The number of allylic oxidation sites excluding steroid dienone is 3. The molecule has 24 heavy (non-hydrogen) atoms. The standard InChI is InChI=1S/C16H20ClN3OS.CH3F/c1-7-13-12(4)22-15(18-13)19-14(21)16(5,6)20-11(3)9-8-10(2)17;1-2/h7-9,20H,2-4H2,1,5-6H3,(H,18,19,21);1H3/b9-8-,13-7-;. The lowest BCUT2D eigenvalue weighted by atomic mass is 10.0. The van der Waals surface area contributed by atoms with Crippen molar-refractivity contribution in [2.24, 2.45) is 0 Å². The zero-order chi connectivity index (χ0) is 18.9. The Morgan fingerprint density at radius 3 is 2.38 bits per heavy atom. The first-order valence-corrected chi connectivity index (χ1v) is 8.16. The SMILES string of the molecule is C=C(Cl)/C=C\C(=C)NC(C)(C)C(=O)Nc1n/c(=C\C)c(=C)s1.CF. The molecule has 0 aliphatic heterocycles. The van der Waals surface area contributed by atoms with Gasteiger partial charge in [-0.25, -0.2) is 4.98 Å². The van der Waals surface area contributed by atoms with Crippen LogP contribution in [0.4, 0.5) is 9.52 Å². The number of aromatic nitrogens is 1. The molecule has 1 aromatic heterocycles. The van der Waals surface area contributed by atoms with Crippen LogP contribution in [-0.2, 0) is 4.79 Å². The minimum atomic E-state index is -0.863. The number of carbonyl (C=O) groups excluding carboxylic acids is 1. The Labute approximate surface area is 151 Å². The number of halogens is 2. The molecular formula is C17H23ClFN3OS.